The number of benzene rings is 1. The number of rotatable bonds is 39. The smallest absolute Gasteiger partial charge is 0.251 e. The zero-order valence-electron chi connectivity index (χ0n) is 51.8. The first-order valence-electron chi connectivity index (χ1n) is 30.2. The van der Waals surface area contributed by atoms with E-state index in [-0.39, 0.29) is 5.56 Å². The second-order valence-corrected chi connectivity index (χ2v) is 22.3. The molecule has 0 radical (unpaired) electrons. The molecule has 23 atom stereocenters. The van der Waals surface area contributed by atoms with E-state index in [0.717, 1.165) is 46.5 Å². The molecule has 3 aliphatic heterocycles. The van der Waals surface area contributed by atoms with Gasteiger partial charge in [-0.15, -0.1) is 0 Å². The Balaban J connectivity index is 1.57. The molecule has 3 saturated heterocycles. The van der Waals surface area contributed by atoms with Gasteiger partial charge in [0.15, 0.2) is 31.5 Å². The number of hydrogen-bond donors (Lipinski definition) is 17. The van der Waals surface area contributed by atoms with Crippen LogP contribution in [0.4, 0.5) is 0 Å². The topological polar surface area (TPSA) is 481 Å². The number of aliphatic hydroxyl groups is 12. The van der Waals surface area contributed by atoms with Crippen molar-refractivity contribution in [1.29, 1.82) is 0 Å². The molecule has 17 N–H and O–H groups in total. The second-order valence-electron chi connectivity index (χ2n) is 22.3. The van der Waals surface area contributed by atoms with Gasteiger partial charge in [0.1, 0.15) is 103 Å². The summed E-state index contributed by atoms with van der Waals surface area (Å²) in [5, 5.41) is 143. The van der Waals surface area contributed by atoms with Crippen LogP contribution in [-0.2, 0) is 61.8 Å². The van der Waals surface area contributed by atoms with E-state index in [2.05, 4.69) is 45.7 Å². The highest BCUT2D eigenvalue weighted by Gasteiger charge is 2.54. The third-order valence-corrected chi connectivity index (χ3v) is 15.0. The lowest BCUT2D eigenvalue weighted by atomic mass is 9.94. The lowest BCUT2D eigenvalue weighted by molar-refractivity contribution is -0.346. The highest BCUT2D eigenvalue weighted by atomic mass is 16.8. The Hall–Kier alpha value is -4.73. The van der Waals surface area contributed by atoms with Crippen LogP contribution in [0.5, 0.6) is 5.75 Å². The van der Waals surface area contributed by atoms with Gasteiger partial charge in [-0.25, -0.2) is 0 Å². The average molecular weight is 1300 g/mol. The molecule has 516 valence electrons. The predicted octanol–water partition coefficient (Wildman–Crippen LogP) is -4.95. The van der Waals surface area contributed by atoms with Crippen molar-refractivity contribution in [2.75, 3.05) is 52.9 Å². The number of ether oxygens (including phenoxy) is 10. The van der Waals surface area contributed by atoms with E-state index in [0.29, 0.717) is 18.8 Å². The average Bonchev–Trinajstić information content (AvgIpc) is 0.837. The van der Waals surface area contributed by atoms with Gasteiger partial charge >= 0.3 is 0 Å². The molecule has 0 spiro atoms. The summed E-state index contributed by atoms with van der Waals surface area (Å²) in [6.45, 7) is 2.98. The van der Waals surface area contributed by atoms with Gasteiger partial charge in [0.2, 0.25) is 23.6 Å². The van der Waals surface area contributed by atoms with Crippen LogP contribution in [0.1, 0.15) is 104 Å². The fourth-order valence-electron chi connectivity index (χ4n) is 10.3. The van der Waals surface area contributed by atoms with Gasteiger partial charge in [0, 0.05) is 33.3 Å². The monoisotopic (exact) mass is 1300 g/mol. The summed E-state index contributed by atoms with van der Waals surface area (Å²) in [6.07, 6.45) is -20.1. The zero-order chi connectivity index (χ0) is 66.8. The van der Waals surface area contributed by atoms with Crippen LogP contribution in [0.3, 0.4) is 0 Å². The maximum atomic E-state index is 13.9. The summed E-state index contributed by atoms with van der Waals surface area (Å²) >= 11 is 0. The first-order valence-corrected chi connectivity index (χ1v) is 30.2. The third-order valence-electron chi connectivity index (χ3n) is 15.0. The quantitative estimate of drug-likeness (QED) is 0.0167. The Labute approximate surface area is 522 Å². The van der Waals surface area contributed by atoms with E-state index in [1.807, 2.05) is 0 Å². The first-order chi connectivity index (χ1) is 42.9. The molecule has 3 aliphatic rings. The van der Waals surface area contributed by atoms with Crippen molar-refractivity contribution in [3.63, 3.8) is 0 Å². The van der Waals surface area contributed by atoms with Crippen molar-refractivity contribution in [1.82, 2.24) is 26.6 Å². The van der Waals surface area contributed by atoms with E-state index in [1.165, 1.54) is 45.7 Å². The summed E-state index contributed by atoms with van der Waals surface area (Å²) < 4.78 is 59.9. The summed E-state index contributed by atoms with van der Waals surface area (Å²) in [7, 11) is 0. The van der Waals surface area contributed by atoms with E-state index >= 15 is 0 Å². The number of unbranched alkanes of at least 4 members (excludes halogenated alkanes) is 5. The van der Waals surface area contributed by atoms with Crippen molar-refractivity contribution in [3.8, 4) is 5.75 Å². The van der Waals surface area contributed by atoms with Crippen molar-refractivity contribution in [2.45, 2.75) is 234 Å². The molecule has 32 nitrogen and oxygen atoms in total. The Morgan fingerprint density at radius 3 is 1.58 bits per heavy atom. The number of amides is 5. The molecule has 0 bridgehead atoms. The van der Waals surface area contributed by atoms with Gasteiger partial charge in [-0.3, -0.25) is 24.0 Å². The van der Waals surface area contributed by atoms with Crippen molar-refractivity contribution >= 4 is 29.5 Å². The molecule has 0 aliphatic carbocycles. The Morgan fingerprint density at radius 2 is 1.06 bits per heavy atom. The van der Waals surface area contributed by atoms with Gasteiger partial charge < -0.3 is 135 Å². The lowest BCUT2D eigenvalue weighted by Crippen LogP contribution is -2.69. The lowest BCUT2D eigenvalue weighted by Gasteiger charge is -2.48. The van der Waals surface area contributed by atoms with E-state index in [9.17, 15) is 85.3 Å². The second kappa shape index (κ2) is 39.7. The highest BCUT2D eigenvalue weighted by molar-refractivity contribution is 5.94. The van der Waals surface area contributed by atoms with Gasteiger partial charge in [-0.1, -0.05) is 44.4 Å². The number of nitrogens with one attached hydrogen (secondary N) is 5. The minimum Gasteiger partial charge on any atom is -0.494 e. The summed E-state index contributed by atoms with van der Waals surface area (Å²) in [5.41, 5.74) is 0.0601. The fraction of sp³-hybridized carbons (Fsp3) is 0.776. The Morgan fingerprint density at radius 1 is 0.556 bits per heavy atom. The zero-order valence-corrected chi connectivity index (χ0v) is 51.8. The Kier molecular flexibility index (Phi) is 34.3. The van der Waals surface area contributed by atoms with Crippen LogP contribution in [-0.4, -0.2) is 285 Å². The predicted molar refractivity (Wildman–Crippen MR) is 311 cm³/mol. The molecular weight excluding hydrogens is 1200 g/mol. The number of carbonyl (C=O) groups is 5. The van der Waals surface area contributed by atoms with Crippen LogP contribution >= 0.6 is 0 Å². The number of allylic oxidation sites excluding steroid dienone is 2. The molecule has 0 aromatic heterocycles. The molecule has 5 amide bonds. The van der Waals surface area contributed by atoms with Gasteiger partial charge in [-0.2, -0.15) is 0 Å². The first kappa shape index (κ1) is 77.7. The SMILES string of the molecule is CCCCCC/C=C\CCCOc1cccc(C(=O)N[C@@H]2C(O[C@H]3C(O)C(NC(C)=O)[C@H](OC(CO)C(CO)O[C@@H](O[C@H]4C(O)C(NC(C)=O)C(OC(CO)C(CO)OC(O)[C@H](C)NC(C)=O)O[C@H]4CO)[C@H](C)NC(C)=O)O[C@H]3CO)OC(CO)[C@@H](O)C2O)c1. The molecule has 90 heavy (non-hydrogen) atoms. The maximum absolute atomic E-state index is 13.9. The summed E-state index contributed by atoms with van der Waals surface area (Å²) in [4.78, 5) is 63.4. The highest BCUT2D eigenvalue weighted by Crippen LogP contribution is 2.33. The molecule has 3 heterocycles. The van der Waals surface area contributed by atoms with Gasteiger partial charge in [-0.05, 0) is 57.7 Å². The Bertz CT molecular complexity index is 2330. The molecule has 3 fully saturated rings. The normalized spacial score (nSPS) is 29.8. The van der Waals surface area contributed by atoms with Crippen LogP contribution in [0.2, 0.25) is 0 Å². The van der Waals surface area contributed by atoms with Crippen LogP contribution in [0.25, 0.3) is 0 Å². The number of aliphatic hydroxyl groups excluding tert-OH is 12. The number of hydrogen-bond acceptors (Lipinski definition) is 27. The largest absolute Gasteiger partial charge is 0.494 e. The minimum atomic E-state index is -1.98. The van der Waals surface area contributed by atoms with E-state index in [4.69, 9.17) is 47.4 Å². The third kappa shape index (κ3) is 23.4. The summed E-state index contributed by atoms with van der Waals surface area (Å²) in [6, 6.07) is -1.12. The standard InChI is InChI=1S/C58H97N5O27/c1-8-9-10-11-12-13-14-15-16-20-81-36-19-17-18-35(21-36)53(79)63-44-48(76)47(75)41(26-68)86-58(44)90-52-43(28-70)88-57(46(50(52)78)62-34(7)74)85-40(25-67)39(24-66)83-55(30(3)60-32(5)72)89-51-42(27-69)87-56(45(49(51)77)61-33(6)73)84-38(23-65)37(22-64)82-54(80)29(2)59-31(4)71/h13-14,17-19,21,29-30,37-52,54-58,64-70,75-78,80H,8-12,15-16,20,22-28H2,1-7H3,(H,59,71)(H,60,72)(H,61,73)(H,62,74)(H,63,79)/b14-13-/t29-,30-,37?,38?,39?,40?,41?,42-,43-,44-,45?,46?,47+,48?,49?,50?,51+,52+,54?,55-,56?,57+,58?/m0/s1. The molecule has 13 unspecified atom stereocenters. The molecule has 4 rings (SSSR count). The molecule has 0 saturated carbocycles. The summed E-state index contributed by atoms with van der Waals surface area (Å²) in [5.74, 6) is -3.18. The minimum absolute atomic E-state index is 0.0601. The van der Waals surface area contributed by atoms with E-state index < -0.39 is 217 Å². The van der Waals surface area contributed by atoms with Crippen LogP contribution < -0.4 is 31.3 Å². The number of carbonyl (C=O) groups excluding carboxylic acids is 5. The van der Waals surface area contributed by atoms with Crippen molar-refractivity contribution in [3.05, 3.63) is 42.0 Å². The molecule has 32 heteroatoms. The molecular formula is C58H97N5O27. The molecule has 1 aromatic rings. The van der Waals surface area contributed by atoms with Crippen LogP contribution in [0, 0.1) is 0 Å². The fourth-order valence-corrected chi connectivity index (χ4v) is 10.3. The molecule has 1 aromatic carbocycles. The van der Waals surface area contributed by atoms with Gasteiger partial charge in [0.05, 0.1) is 64.9 Å². The van der Waals surface area contributed by atoms with Crippen molar-refractivity contribution < 1.29 is 133 Å². The maximum Gasteiger partial charge on any atom is 0.251 e. The van der Waals surface area contributed by atoms with Crippen molar-refractivity contribution in [2.24, 2.45) is 0 Å². The van der Waals surface area contributed by atoms with E-state index in [1.54, 1.807) is 12.1 Å². The van der Waals surface area contributed by atoms with Crippen LogP contribution in [0.15, 0.2) is 36.4 Å². The van der Waals surface area contributed by atoms with Gasteiger partial charge in [0.25, 0.3) is 5.91 Å².